The fourth-order valence-electron chi connectivity index (χ4n) is 3.10. The van der Waals surface area contributed by atoms with Crippen LogP contribution in [0.5, 0.6) is 11.5 Å². The highest BCUT2D eigenvalue weighted by atomic mass is 16.5. The molecule has 144 valence electrons. The van der Waals surface area contributed by atoms with Gasteiger partial charge in [-0.05, 0) is 42.8 Å². The lowest BCUT2D eigenvalue weighted by Crippen LogP contribution is -2.16. The molecule has 0 amide bonds. The van der Waals surface area contributed by atoms with Gasteiger partial charge < -0.3 is 14.8 Å². The van der Waals surface area contributed by atoms with Crippen molar-refractivity contribution in [3.63, 3.8) is 0 Å². The summed E-state index contributed by atoms with van der Waals surface area (Å²) in [6, 6.07) is 23.3. The first kappa shape index (κ1) is 19.5. The fraction of sp³-hybridized carbons (Fsp3) is 0.208. The van der Waals surface area contributed by atoms with Crippen molar-refractivity contribution in [2.24, 2.45) is 0 Å². The first-order valence-electron chi connectivity index (χ1n) is 9.24. The quantitative estimate of drug-likeness (QED) is 0.533. The summed E-state index contributed by atoms with van der Waals surface area (Å²) < 4.78 is 10.6. The average molecular weight is 375 g/mol. The molecule has 0 aliphatic heterocycles. The molecule has 4 nitrogen and oxygen atoms in total. The molecule has 1 atom stereocenters. The van der Waals surface area contributed by atoms with E-state index in [0.717, 1.165) is 11.3 Å². The van der Waals surface area contributed by atoms with Crippen molar-refractivity contribution in [1.82, 2.24) is 0 Å². The lowest BCUT2D eigenvalue weighted by Gasteiger charge is -2.20. The molecule has 3 aromatic carbocycles. The molecule has 0 saturated carbocycles. The Morgan fingerprint density at radius 1 is 0.893 bits per heavy atom. The van der Waals surface area contributed by atoms with Crippen molar-refractivity contribution in [1.29, 1.82) is 0 Å². The summed E-state index contributed by atoms with van der Waals surface area (Å²) in [5.74, 6) is 1.20. The van der Waals surface area contributed by atoms with Crippen LogP contribution in [0.2, 0.25) is 0 Å². The van der Waals surface area contributed by atoms with Crippen molar-refractivity contribution in [2.45, 2.75) is 19.4 Å². The Bertz CT molecular complexity index is 920. The van der Waals surface area contributed by atoms with E-state index in [0.29, 0.717) is 23.5 Å². The minimum Gasteiger partial charge on any atom is -0.493 e. The molecule has 4 heteroatoms. The normalized spacial score (nSPS) is 11.5. The number of Topliss-reactive ketones (excluding diaryl/α,β-unsaturated/α-hetero) is 1. The summed E-state index contributed by atoms with van der Waals surface area (Å²) >= 11 is 0. The third-order valence-electron chi connectivity index (χ3n) is 4.69. The van der Waals surface area contributed by atoms with Crippen molar-refractivity contribution in [3.05, 3.63) is 89.5 Å². The van der Waals surface area contributed by atoms with Crippen LogP contribution < -0.4 is 14.8 Å². The predicted octanol–water partition coefficient (Wildman–Crippen LogP) is 5.44. The number of anilines is 1. The summed E-state index contributed by atoms with van der Waals surface area (Å²) in [7, 11) is 3.15. The third kappa shape index (κ3) is 4.71. The highest BCUT2D eigenvalue weighted by Gasteiger charge is 2.18. The maximum absolute atomic E-state index is 13.0. The second-order valence-electron chi connectivity index (χ2n) is 6.67. The van der Waals surface area contributed by atoms with E-state index in [-0.39, 0.29) is 11.8 Å². The van der Waals surface area contributed by atoms with E-state index in [4.69, 9.17) is 9.47 Å². The smallest absolute Gasteiger partial charge is 0.165 e. The Kier molecular flexibility index (Phi) is 6.33. The van der Waals surface area contributed by atoms with Gasteiger partial charge >= 0.3 is 0 Å². The number of carbonyl (C=O) groups is 1. The Hall–Kier alpha value is -3.27. The minimum absolute atomic E-state index is 0.0365. The van der Waals surface area contributed by atoms with Crippen molar-refractivity contribution in [2.75, 3.05) is 19.5 Å². The van der Waals surface area contributed by atoms with Crippen LogP contribution in [0.4, 0.5) is 5.69 Å². The lowest BCUT2D eigenvalue weighted by atomic mass is 9.97. The number of ketones is 1. The second kappa shape index (κ2) is 9.09. The number of rotatable bonds is 8. The Labute approximate surface area is 166 Å². The molecule has 3 aromatic rings. The van der Waals surface area contributed by atoms with Gasteiger partial charge in [-0.3, -0.25) is 4.79 Å². The zero-order valence-electron chi connectivity index (χ0n) is 16.4. The Balaban J connectivity index is 1.84. The van der Waals surface area contributed by atoms with Gasteiger partial charge in [-0.15, -0.1) is 0 Å². The van der Waals surface area contributed by atoms with E-state index in [1.807, 2.05) is 42.5 Å². The molecule has 0 spiro atoms. The number of benzene rings is 3. The number of ether oxygens (including phenoxy) is 2. The second-order valence-corrected chi connectivity index (χ2v) is 6.67. The highest BCUT2D eigenvalue weighted by Crippen LogP contribution is 2.30. The molecular formula is C24H25NO3. The monoisotopic (exact) mass is 375 g/mol. The molecular weight excluding hydrogens is 350 g/mol. The number of carbonyl (C=O) groups excluding carboxylic acids is 1. The first-order valence-corrected chi connectivity index (χ1v) is 9.24. The SMILES string of the molecule is COc1ccc(C(=O)CC(Nc2ccc(C)cc2)c2ccccc2)cc1OC. The topological polar surface area (TPSA) is 47.6 Å². The highest BCUT2D eigenvalue weighted by molar-refractivity contribution is 5.97. The van der Waals surface area contributed by atoms with E-state index in [2.05, 4.69) is 24.4 Å². The molecule has 1 unspecified atom stereocenters. The minimum atomic E-state index is -0.135. The molecule has 0 bridgehead atoms. The Morgan fingerprint density at radius 3 is 2.21 bits per heavy atom. The largest absolute Gasteiger partial charge is 0.493 e. The molecule has 0 heterocycles. The molecule has 0 aliphatic carbocycles. The van der Waals surface area contributed by atoms with Crippen LogP contribution in [0.25, 0.3) is 0 Å². The van der Waals surface area contributed by atoms with Gasteiger partial charge in [-0.1, -0.05) is 48.0 Å². The number of methoxy groups -OCH3 is 2. The van der Waals surface area contributed by atoms with Crippen LogP contribution in [0.1, 0.15) is 33.9 Å². The maximum Gasteiger partial charge on any atom is 0.165 e. The molecule has 1 N–H and O–H groups in total. The van der Waals surface area contributed by atoms with E-state index < -0.39 is 0 Å². The van der Waals surface area contributed by atoms with E-state index in [1.165, 1.54) is 5.56 Å². The fourth-order valence-corrected chi connectivity index (χ4v) is 3.10. The van der Waals surface area contributed by atoms with Crippen LogP contribution in [0.3, 0.4) is 0 Å². The van der Waals surface area contributed by atoms with Gasteiger partial charge in [0.25, 0.3) is 0 Å². The van der Waals surface area contributed by atoms with Gasteiger partial charge in [0.05, 0.1) is 20.3 Å². The van der Waals surface area contributed by atoms with Gasteiger partial charge in [0.15, 0.2) is 17.3 Å². The van der Waals surface area contributed by atoms with E-state index in [1.54, 1.807) is 32.4 Å². The molecule has 0 fully saturated rings. The van der Waals surface area contributed by atoms with Crippen molar-refractivity contribution in [3.8, 4) is 11.5 Å². The van der Waals surface area contributed by atoms with Gasteiger partial charge in [0, 0.05) is 17.7 Å². The van der Waals surface area contributed by atoms with E-state index >= 15 is 0 Å². The maximum atomic E-state index is 13.0. The molecule has 28 heavy (non-hydrogen) atoms. The standard InChI is InChI=1S/C24H25NO3/c1-17-9-12-20(13-10-17)25-21(18-7-5-4-6-8-18)16-22(26)19-11-14-23(27-2)24(15-19)28-3/h4-15,21,25H,16H2,1-3H3. The van der Waals surface area contributed by atoms with Crippen molar-refractivity contribution >= 4 is 11.5 Å². The van der Waals surface area contributed by atoms with Gasteiger partial charge in [-0.25, -0.2) is 0 Å². The molecule has 0 saturated heterocycles. The zero-order valence-corrected chi connectivity index (χ0v) is 16.4. The first-order chi connectivity index (χ1) is 13.6. The Morgan fingerprint density at radius 2 is 1.57 bits per heavy atom. The summed E-state index contributed by atoms with van der Waals surface area (Å²) in [4.78, 5) is 13.0. The van der Waals surface area contributed by atoms with Crippen LogP contribution in [-0.4, -0.2) is 20.0 Å². The average Bonchev–Trinajstić information content (AvgIpc) is 2.74. The number of aryl methyl sites for hydroxylation is 1. The molecule has 0 radical (unpaired) electrons. The van der Waals surface area contributed by atoms with Crippen molar-refractivity contribution < 1.29 is 14.3 Å². The summed E-state index contributed by atoms with van der Waals surface area (Å²) in [5, 5.41) is 3.50. The predicted molar refractivity (Wildman–Crippen MR) is 112 cm³/mol. The van der Waals surface area contributed by atoms with Crippen LogP contribution in [0.15, 0.2) is 72.8 Å². The van der Waals surface area contributed by atoms with E-state index in [9.17, 15) is 4.79 Å². The number of hydrogen-bond donors (Lipinski definition) is 1. The molecule has 0 aliphatic rings. The van der Waals surface area contributed by atoms with Gasteiger partial charge in [-0.2, -0.15) is 0 Å². The van der Waals surface area contributed by atoms with Gasteiger partial charge in [0.1, 0.15) is 0 Å². The third-order valence-corrected chi connectivity index (χ3v) is 4.69. The lowest BCUT2D eigenvalue weighted by molar-refractivity contribution is 0.0976. The summed E-state index contributed by atoms with van der Waals surface area (Å²) in [6.07, 6.45) is 0.327. The molecule has 0 aromatic heterocycles. The van der Waals surface area contributed by atoms with Crippen LogP contribution in [-0.2, 0) is 0 Å². The summed E-state index contributed by atoms with van der Waals surface area (Å²) in [6.45, 7) is 2.05. The van der Waals surface area contributed by atoms with Crippen LogP contribution >= 0.6 is 0 Å². The number of hydrogen-bond acceptors (Lipinski definition) is 4. The number of nitrogens with one attached hydrogen (secondary N) is 1. The van der Waals surface area contributed by atoms with Crippen LogP contribution in [0, 0.1) is 6.92 Å². The molecule has 3 rings (SSSR count). The van der Waals surface area contributed by atoms with Gasteiger partial charge in [0.2, 0.25) is 0 Å². The summed E-state index contributed by atoms with van der Waals surface area (Å²) in [5.41, 5.74) is 3.85. The zero-order chi connectivity index (χ0) is 19.9.